The van der Waals surface area contributed by atoms with Gasteiger partial charge in [0, 0.05) is 23.5 Å². The number of hydrogen-bond acceptors (Lipinski definition) is 5. The first-order valence-corrected chi connectivity index (χ1v) is 5.60. The normalized spacial score (nSPS) is 10.5. The van der Waals surface area contributed by atoms with Crippen LogP contribution in [0.25, 0.3) is 11.0 Å². The molecule has 2 heterocycles. The fourth-order valence-electron chi connectivity index (χ4n) is 1.70. The van der Waals surface area contributed by atoms with E-state index in [1.807, 2.05) is 0 Å². The molecular weight excluding hydrogens is 244 g/mol. The first kappa shape index (κ1) is 11.2. The smallest absolute Gasteiger partial charge is 0.293 e. The summed E-state index contributed by atoms with van der Waals surface area (Å²) in [5.41, 5.74) is 6.89. The molecule has 0 unspecified atom stereocenters. The Labute approximate surface area is 108 Å². The van der Waals surface area contributed by atoms with E-state index in [0.29, 0.717) is 11.3 Å². The highest BCUT2D eigenvalue weighted by Gasteiger charge is 2.13. The maximum absolute atomic E-state index is 12.0. The Bertz CT molecular complexity index is 737. The van der Waals surface area contributed by atoms with Gasteiger partial charge in [-0.2, -0.15) is 0 Å². The zero-order chi connectivity index (χ0) is 13.2. The van der Waals surface area contributed by atoms with Gasteiger partial charge in [-0.15, -0.1) is 0 Å². The van der Waals surface area contributed by atoms with Crippen molar-refractivity contribution in [3.05, 3.63) is 48.5 Å². The summed E-state index contributed by atoms with van der Waals surface area (Å²) < 4.78 is 5.43. The standard InChI is InChI=1S/C13H10N4O2/c14-9-2-3-10-8(6-9)7-11(19-10)12(18)17-13-15-4-1-5-16-13/h1-7H,14H2,(H,15,16,17,18). The highest BCUT2D eigenvalue weighted by Crippen LogP contribution is 2.22. The molecule has 3 aromatic rings. The monoisotopic (exact) mass is 254 g/mol. The number of rotatable bonds is 2. The Hall–Kier alpha value is -2.89. The molecule has 0 aliphatic heterocycles. The highest BCUT2D eigenvalue weighted by molar-refractivity contribution is 6.03. The Morgan fingerprint density at radius 1 is 1.21 bits per heavy atom. The van der Waals surface area contributed by atoms with Crippen molar-refractivity contribution >= 4 is 28.5 Å². The van der Waals surface area contributed by atoms with Crippen molar-refractivity contribution in [1.29, 1.82) is 0 Å². The van der Waals surface area contributed by atoms with Crippen LogP contribution in [0, 0.1) is 0 Å². The number of benzene rings is 1. The summed E-state index contributed by atoms with van der Waals surface area (Å²) in [5, 5.41) is 3.32. The van der Waals surface area contributed by atoms with E-state index in [-0.39, 0.29) is 11.7 Å². The average molecular weight is 254 g/mol. The van der Waals surface area contributed by atoms with E-state index in [0.717, 1.165) is 5.39 Å². The third-order valence-electron chi connectivity index (χ3n) is 2.56. The van der Waals surface area contributed by atoms with Gasteiger partial charge < -0.3 is 10.2 Å². The number of nitrogens with one attached hydrogen (secondary N) is 1. The van der Waals surface area contributed by atoms with E-state index in [1.54, 1.807) is 42.7 Å². The SMILES string of the molecule is Nc1ccc2oc(C(=O)Nc3ncccn3)cc2c1. The summed E-state index contributed by atoms with van der Waals surface area (Å²) >= 11 is 0. The molecule has 3 N–H and O–H groups in total. The summed E-state index contributed by atoms with van der Waals surface area (Å²) in [7, 11) is 0. The number of nitrogens with zero attached hydrogens (tertiary/aromatic N) is 2. The van der Waals surface area contributed by atoms with Crippen molar-refractivity contribution in [2.75, 3.05) is 11.1 Å². The number of hydrogen-bond donors (Lipinski definition) is 2. The minimum atomic E-state index is -0.402. The van der Waals surface area contributed by atoms with E-state index in [2.05, 4.69) is 15.3 Å². The van der Waals surface area contributed by atoms with Crippen LogP contribution < -0.4 is 11.1 Å². The third kappa shape index (κ3) is 2.23. The van der Waals surface area contributed by atoms with Crippen LogP contribution in [-0.4, -0.2) is 15.9 Å². The molecule has 94 valence electrons. The molecule has 0 spiro atoms. The fraction of sp³-hybridized carbons (Fsp3) is 0. The Balaban J connectivity index is 1.89. The molecule has 0 saturated carbocycles. The topological polar surface area (TPSA) is 94.0 Å². The number of aromatic nitrogens is 2. The second kappa shape index (κ2) is 4.41. The Kier molecular flexibility index (Phi) is 2.60. The number of fused-ring (bicyclic) bond motifs is 1. The predicted molar refractivity (Wildman–Crippen MR) is 70.6 cm³/mol. The molecule has 6 heteroatoms. The maximum Gasteiger partial charge on any atom is 0.293 e. The molecule has 0 saturated heterocycles. The highest BCUT2D eigenvalue weighted by atomic mass is 16.3. The number of amides is 1. The second-order valence-electron chi connectivity index (χ2n) is 3.93. The summed E-state index contributed by atoms with van der Waals surface area (Å²) in [6.45, 7) is 0. The van der Waals surface area contributed by atoms with Gasteiger partial charge in [-0.3, -0.25) is 10.1 Å². The summed E-state index contributed by atoms with van der Waals surface area (Å²) in [4.78, 5) is 19.8. The van der Waals surface area contributed by atoms with Gasteiger partial charge in [-0.05, 0) is 30.3 Å². The Morgan fingerprint density at radius 3 is 2.79 bits per heavy atom. The first-order valence-electron chi connectivity index (χ1n) is 5.60. The van der Waals surface area contributed by atoms with Crippen molar-refractivity contribution < 1.29 is 9.21 Å². The van der Waals surface area contributed by atoms with Crippen molar-refractivity contribution in [2.45, 2.75) is 0 Å². The number of furan rings is 1. The van der Waals surface area contributed by atoms with Gasteiger partial charge in [-0.1, -0.05) is 0 Å². The van der Waals surface area contributed by atoms with Crippen LogP contribution in [0.1, 0.15) is 10.6 Å². The van der Waals surface area contributed by atoms with Gasteiger partial charge in [0.1, 0.15) is 5.58 Å². The largest absolute Gasteiger partial charge is 0.451 e. The number of carbonyl (C=O) groups is 1. The van der Waals surface area contributed by atoms with Crippen LogP contribution in [0.15, 0.2) is 47.1 Å². The quantitative estimate of drug-likeness (QED) is 0.682. The summed E-state index contributed by atoms with van der Waals surface area (Å²) in [6.07, 6.45) is 3.09. The summed E-state index contributed by atoms with van der Waals surface area (Å²) in [5.74, 6) is 0.0153. The minimum Gasteiger partial charge on any atom is -0.451 e. The molecule has 19 heavy (non-hydrogen) atoms. The van der Waals surface area contributed by atoms with E-state index in [9.17, 15) is 4.79 Å². The van der Waals surface area contributed by atoms with Crippen molar-refractivity contribution in [3.8, 4) is 0 Å². The summed E-state index contributed by atoms with van der Waals surface area (Å²) in [6, 6.07) is 8.48. The first-order chi connectivity index (χ1) is 9.22. The lowest BCUT2D eigenvalue weighted by Crippen LogP contribution is -2.12. The van der Waals surface area contributed by atoms with E-state index in [4.69, 9.17) is 10.2 Å². The van der Waals surface area contributed by atoms with Gasteiger partial charge >= 0.3 is 0 Å². The molecule has 0 aliphatic carbocycles. The molecule has 0 fully saturated rings. The van der Waals surface area contributed by atoms with Crippen LogP contribution in [0.3, 0.4) is 0 Å². The number of carbonyl (C=O) groups excluding carboxylic acids is 1. The average Bonchev–Trinajstić information content (AvgIpc) is 2.83. The molecule has 2 aromatic heterocycles. The second-order valence-corrected chi connectivity index (χ2v) is 3.93. The third-order valence-corrected chi connectivity index (χ3v) is 2.56. The predicted octanol–water partition coefficient (Wildman–Crippen LogP) is 2.06. The van der Waals surface area contributed by atoms with Crippen LogP contribution in [0.2, 0.25) is 0 Å². The van der Waals surface area contributed by atoms with Crippen LogP contribution in [-0.2, 0) is 0 Å². The van der Waals surface area contributed by atoms with E-state index in [1.165, 1.54) is 0 Å². The Morgan fingerprint density at radius 2 is 2.00 bits per heavy atom. The molecule has 0 aliphatic rings. The number of nitrogens with two attached hydrogens (primary N) is 1. The number of anilines is 2. The van der Waals surface area contributed by atoms with Gasteiger partial charge in [0.25, 0.3) is 5.91 Å². The van der Waals surface area contributed by atoms with Crippen LogP contribution in [0.4, 0.5) is 11.6 Å². The maximum atomic E-state index is 12.0. The van der Waals surface area contributed by atoms with Gasteiger partial charge in [-0.25, -0.2) is 9.97 Å². The molecule has 1 aromatic carbocycles. The van der Waals surface area contributed by atoms with Crippen LogP contribution >= 0.6 is 0 Å². The zero-order valence-corrected chi connectivity index (χ0v) is 9.83. The van der Waals surface area contributed by atoms with Gasteiger partial charge in [0.15, 0.2) is 5.76 Å². The molecule has 6 nitrogen and oxygen atoms in total. The van der Waals surface area contributed by atoms with Crippen molar-refractivity contribution in [1.82, 2.24) is 9.97 Å². The molecular formula is C13H10N4O2. The van der Waals surface area contributed by atoms with Gasteiger partial charge in [0.2, 0.25) is 5.95 Å². The van der Waals surface area contributed by atoms with Gasteiger partial charge in [0.05, 0.1) is 0 Å². The lowest BCUT2D eigenvalue weighted by Gasteiger charge is -1.99. The number of nitrogen functional groups attached to an aromatic ring is 1. The molecule has 0 bridgehead atoms. The fourth-order valence-corrected chi connectivity index (χ4v) is 1.70. The van der Waals surface area contributed by atoms with E-state index >= 15 is 0 Å². The van der Waals surface area contributed by atoms with E-state index < -0.39 is 5.91 Å². The van der Waals surface area contributed by atoms with Crippen LogP contribution in [0.5, 0.6) is 0 Å². The molecule has 3 rings (SSSR count). The lowest BCUT2D eigenvalue weighted by atomic mass is 10.2. The lowest BCUT2D eigenvalue weighted by molar-refractivity contribution is 0.0998. The molecule has 0 radical (unpaired) electrons. The van der Waals surface area contributed by atoms with Crippen molar-refractivity contribution in [2.24, 2.45) is 0 Å². The van der Waals surface area contributed by atoms with Crippen molar-refractivity contribution in [3.63, 3.8) is 0 Å². The zero-order valence-electron chi connectivity index (χ0n) is 9.83. The molecule has 1 amide bonds. The molecule has 0 atom stereocenters. The minimum absolute atomic E-state index is 0.188.